The molecule has 0 radical (unpaired) electrons. The summed E-state index contributed by atoms with van der Waals surface area (Å²) in [6.07, 6.45) is 1.40. The number of phenols is 1. The van der Waals surface area contributed by atoms with Crippen molar-refractivity contribution >= 4 is 43.2 Å². The average Bonchev–Trinajstić information content (AvgIpc) is 2.31. The van der Waals surface area contributed by atoms with Gasteiger partial charge in [-0.1, -0.05) is 17.7 Å². The third-order valence-corrected chi connectivity index (χ3v) is 4.40. The molecular formula is C11H8BrClN2O3S. The largest absolute Gasteiger partial charge is 0.508 e. The SMILES string of the molecule is O=S(=O)(Nc1cccc(O)c1)c1cc(Br)cnc1Cl. The number of halogens is 2. The number of aromatic nitrogens is 1. The number of pyridine rings is 1. The van der Waals surface area contributed by atoms with Gasteiger partial charge in [0.1, 0.15) is 15.8 Å². The van der Waals surface area contributed by atoms with Crippen LogP contribution in [0, 0.1) is 0 Å². The third kappa shape index (κ3) is 3.37. The molecular weight excluding hydrogens is 356 g/mol. The van der Waals surface area contributed by atoms with Crippen LogP contribution >= 0.6 is 27.5 Å². The van der Waals surface area contributed by atoms with Crippen molar-refractivity contribution in [1.29, 1.82) is 0 Å². The lowest BCUT2D eigenvalue weighted by atomic mass is 10.3. The highest BCUT2D eigenvalue weighted by molar-refractivity contribution is 9.10. The molecule has 1 aromatic carbocycles. The molecule has 0 unspecified atom stereocenters. The molecule has 0 fully saturated rings. The number of anilines is 1. The average molecular weight is 364 g/mol. The van der Waals surface area contributed by atoms with Gasteiger partial charge < -0.3 is 5.11 Å². The Balaban J connectivity index is 2.40. The zero-order chi connectivity index (χ0) is 14.0. The molecule has 2 aromatic rings. The number of hydrogen-bond acceptors (Lipinski definition) is 4. The molecule has 100 valence electrons. The lowest BCUT2D eigenvalue weighted by molar-refractivity contribution is 0.475. The van der Waals surface area contributed by atoms with Gasteiger partial charge in [0.15, 0.2) is 0 Å². The van der Waals surface area contributed by atoms with E-state index in [9.17, 15) is 13.5 Å². The molecule has 2 rings (SSSR count). The van der Waals surface area contributed by atoms with Gasteiger partial charge in [-0.05, 0) is 34.1 Å². The summed E-state index contributed by atoms with van der Waals surface area (Å²) in [5, 5.41) is 9.17. The fourth-order valence-corrected chi connectivity index (χ4v) is 3.37. The van der Waals surface area contributed by atoms with E-state index in [-0.39, 0.29) is 21.5 Å². The Bertz CT molecular complexity index is 722. The molecule has 0 bridgehead atoms. The summed E-state index contributed by atoms with van der Waals surface area (Å²) in [4.78, 5) is 3.61. The summed E-state index contributed by atoms with van der Waals surface area (Å²) in [5.41, 5.74) is 0.232. The standard InChI is InChI=1S/C11H8BrClN2O3S/c12-7-4-10(11(13)14-6-7)19(17,18)15-8-2-1-3-9(16)5-8/h1-6,15-16H. The summed E-state index contributed by atoms with van der Waals surface area (Å²) in [7, 11) is -3.87. The van der Waals surface area contributed by atoms with Crippen LogP contribution in [0.1, 0.15) is 0 Å². The molecule has 0 aliphatic carbocycles. The number of hydrogen-bond donors (Lipinski definition) is 2. The van der Waals surface area contributed by atoms with Crippen molar-refractivity contribution in [2.24, 2.45) is 0 Å². The van der Waals surface area contributed by atoms with Gasteiger partial charge in [-0.25, -0.2) is 13.4 Å². The van der Waals surface area contributed by atoms with Crippen LogP contribution in [-0.2, 0) is 10.0 Å². The first-order valence-corrected chi connectivity index (χ1v) is 7.67. The second-order valence-electron chi connectivity index (χ2n) is 3.60. The van der Waals surface area contributed by atoms with E-state index >= 15 is 0 Å². The molecule has 0 aliphatic rings. The Kier molecular flexibility index (Phi) is 3.98. The van der Waals surface area contributed by atoms with Crippen molar-refractivity contribution in [3.8, 4) is 5.75 Å². The van der Waals surface area contributed by atoms with E-state index in [1.807, 2.05) is 0 Å². The minimum absolute atomic E-state index is 0.0429. The van der Waals surface area contributed by atoms with Crippen LogP contribution in [0.25, 0.3) is 0 Å². The zero-order valence-electron chi connectivity index (χ0n) is 9.34. The van der Waals surface area contributed by atoms with Crippen molar-refractivity contribution in [3.63, 3.8) is 0 Å². The molecule has 0 aliphatic heterocycles. The summed E-state index contributed by atoms with van der Waals surface area (Å²) < 4.78 is 27.1. The first-order chi connectivity index (χ1) is 8.88. The second-order valence-corrected chi connectivity index (χ2v) is 6.52. The van der Waals surface area contributed by atoms with E-state index < -0.39 is 10.0 Å². The van der Waals surface area contributed by atoms with Gasteiger partial charge in [0, 0.05) is 16.7 Å². The predicted molar refractivity (Wildman–Crippen MR) is 75.9 cm³/mol. The Hall–Kier alpha value is -1.31. The van der Waals surface area contributed by atoms with E-state index in [2.05, 4.69) is 25.6 Å². The number of nitrogens with one attached hydrogen (secondary N) is 1. The van der Waals surface area contributed by atoms with Crippen LogP contribution in [0.2, 0.25) is 5.15 Å². The summed E-state index contributed by atoms with van der Waals surface area (Å²) in [6, 6.07) is 7.10. The molecule has 2 N–H and O–H groups in total. The van der Waals surface area contributed by atoms with Crippen molar-refractivity contribution in [1.82, 2.24) is 4.98 Å². The molecule has 0 spiro atoms. The lowest BCUT2D eigenvalue weighted by Gasteiger charge is -2.09. The molecule has 1 heterocycles. The Morgan fingerprint density at radius 2 is 2.05 bits per heavy atom. The van der Waals surface area contributed by atoms with E-state index in [1.54, 1.807) is 0 Å². The Morgan fingerprint density at radius 3 is 2.74 bits per heavy atom. The van der Waals surface area contributed by atoms with Gasteiger partial charge in [0.05, 0.1) is 5.69 Å². The quantitative estimate of drug-likeness (QED) is 0.822. The number of aromatic hydroxyl groups is 1. The molecule has 19 heavy (non-hydrogen) atoms. The summed E-state index contributed by atoms with van der Waals surface area (Å²) >= 11 is 8.91. The molecule has 0 saturated heterocycles. The van der Waals surface area contributed by atoms with Crippen molar-refractivity contribution in [2.75, 3.05) is 4.72 Å². The van der Waals surface area contributed by atoms with Crippen molar-refractivity contribution < 1.29 is 13.5 Å². The van der Waals surface area contributed by atoms with Crippen LogP contribution in [0.15, 0.2) is 45.9 Å². The highest BCUT2D eigenvalue weighted by atomic mass is 79.9. The molecule has 0 atom stereocenters. The monoisotopic (exact) mass is 362 g/mol. The number of nitrogens with zero attached hydrogens (tertiary/aromatic N) is 1. The Morgan fingerprint density at radius 1 is 1.32 bits per heavy atom. The van der Waals surface area contributed by atoms with Crippen LogP contribution in [-0.4, -0.2) is 18.5 Å². The molecule has 0 saturated carbocycles. The van der Waals surface area contributed by atoms with Crippen LogP contribution in [0.3, 0.4) is 0 Å². The van der Waals surface area contributed by atoms with E-state index in [0.29, 0.717) is 4.47 Å². The van der Waals surface area contributed by atoms with Gasteiger partial charge in [0.25, 0.3) is 10.0 Å². The molecule has 8 heteroatoms. The van der Waals surface area contributed by atoms with E-state index in [4.69, 9.17) is 11.6 Å². The number of sulfonamides is 1. The Labute approximate surface area is 123 Å². The summed E-state index contributed by atoms with van der Waals surface area (Å²) in [6.45, 7) is 0. The lowest BCUT2D eigenvalue weighted by Crippen LogP contribution is -2.13. The van der Waals surface area contributed by atoms with E-state index in [0.717, 1.165) is 0 Å². The topological polar surface area (TPSA) is 79.3 Å². The van der Waals surface area contributed by atoms with Crippen molar-refractivity contribution in [3.05, 3.63) is 46.2 Å². The maximum Gasteiger partial charge on any atom is 0.265 e. The highest BCUT2D eigenvalue weighted by Crippen LogP contribution is 2.25. The van der Waals surface area contributed by atoms with Gasteiger partial charge in [0.2, 0.25) is 0 Å². The first-order valence-electron chi connectivity index (χ1n) is 5.01. The van der Waals surface area contributed by atoms with Crippen LogP contribution in [0.5, 0.6) is 5.75 Å². The minimum atomic E-state index is -3.87. The maximum atomic E-state index is 12.1. The second kappa shape index (κ2) is 5.36. The smallest absolute Gasteiger partial charge is 0.265 e. The zero-order valence-corrected chi connectivity index (χ0v) is 12.5. The predicted octanol–water partition coefficient (Wildman–Crippen LogP) is 3.00. The van der Waals surface area contributed by atoms with Gasteiger partial charge >= 0.3 is 0 Å². The molecule has 0 amide bonds. The normalized spacial score (nSPS) is 11.3. The van der Waals surface area contributed by atoms with E-state index in [1.165, 1.54) is 36.5 Å². The highest BCUT2D eigenvalue weighted by Gasteiger charge is 2.19. The van der Waals surface area contributed by atoms with Gasteiger partial charge in [-0.2, -0.15) is 0 Å². The minimum Gasteiger partial charge on any atom is -0.508 e. The van der Waals surface area contributed by atoms with Gasteiger partial charge in [-0.15, -0.1) is 0 Å². The van der Waals surface area contributed by atoms with Crippen LogP contribution < -0.4 is 4.72 Å². The van der Waals surface area contributed by atoms with Crippen LogP contribution in [0.4, 0.5) is 5.69 Å². The fourth-order valence-electron chi connectivity index (χ4n) is 1.37. The number of rotatable bonds is 3. The number of phenolic OH excluding ortho intramolecular Hbond substituents is 1. The molecule has 1 aromatic heterocycles. The van der Waals surface area contributed by atoms with Crippen molar-refractivity contribution in [2.45, 2.75) is 4.90 Å². The first kappa shape index (κ1) is 14.1. The third-order valence-electron chi connectivity index (χ3n) is 2.16. The fraction of sp³-hybridized carbons (Fsp3) is 0. The van der Waals surface area contributed by atoms with Gasteiger partial charge in [-0.3, -0.25) is 4.72 Å². The maximum absolute atomic E-state index is 12.1. The molecule has 5 nitrogen and oxygen atoms in total. The number of benzene rings is 1. The summed E-state index contributed by atoms with van der Waals surface area (Å²) in [5.74, 6) is -0.0429.